The van der Waals surface area contributed by atoms with Crippen molar-refractivity contribution in [3.63, 3.8) is 0 Å². The molecule has 1 unspecified atom stereocenters. The molecule has 0 radical (unpaired) electrons. The molecule has 6 heteroatoms. The molecule has 1 fully saturated rings. The lowest BCUT2D eigenvalue weighted by Gasteiger charge is -2.48. The molecule has 2 aliphatic heterocycles. The van der Waals surface area contributed by atoms with Gasteiger partial charge in [-0.1, -0.05) is 18.1 Å². The van der Waals surface area contributed by atoms with Crippen LogP contribution in [0, 0.1) is 0 Å². The van der Waals surface area contributed by atoms with E-state index >= 15 is 0 Å². The van der Waals surface area contributed by atoms with Crippen LogP contribution in [0.4, 0.5) is 0 Å². The van der Waals surface area contributed by atoms with Gasteiger partial charge >= 0.3 is 0 Å². The second-order valence-electron chi connectivity index (χ2n) is 9.72. The Bertz CT molecular complexity index is 806. The van der Waals surface area contributed by atoms with Gasteiger partial charge in [-0.25, -0.2) is 0 Å². The minimum Gasteiger partial charge on any atom is -0.355 e. The van der Waals surface area contributed by atoms with Gasteiger partial charge in [-0.05, 0) is 75.8 Å². The number of fused-ring (bicyclic) bond motifs is 1. The van der Waals surface area contributed by atoms with Crippen LogP contribution >= 0.6 is 0 Å². The van der Waals surface area contributed by atoms with Crippen LogP contribution in [-0.4, -0.2) is 73.0 Å². The Kier molecular flexibility index (Phi) is 6.97. The van der Waals surface area contributed by atoms with Gasteiger partial charge in [0.2, 0.25) is 5.91 Å². The molecule has 2 aliphatic carbocycles. The molecule has 0 bridgehead atoms. The highest BCUT2D eigenvalue weighted by Crippen LogP contribution is 2.46. The summed E-state index contributed by atoms with van der Waals surface area (Å²) in [5, 5.41) is 6.14. The van der Waals surface area contributed by atoms with E-state index in [9.17, 15) is 9.59 Å². The molecule has 2 N–H and O–H groups in total. The first kappa shape index (κ1) is 22.3. The molecule has 0 saturated carbocycles. The van der Waals surface area contributed by atoms with E-state index < -0.39 is 0 Å². The fraction of sp³-hybridized carbons (Fsp3) is 0.680. The van der Waals surface area contributed by atoms with E-state index in [0.29, 0.717) is 19.6 Å². The number of carbonyl (C=O) groups is 2. The Morgan fingerprint density at radius 1 is 1.06 bits per heavy atom. The third kappa shape index (κ3) is 4.96. The summed E-state index contributed by atoms with van der Waals surface area (Å²) in [7, 11) is 0. The van der Waals surface area contributed by atoms with Gasteiger partial charge in [0, 0.05) is 45.2 Å². The normalized spacial score (nSPS) is 26.4. The topological polar surface area (TPSA) is 64.7 Å². The molecule has 6 nitrogen and oxygen atoms in total. The SMILES string of the molecule is CC(=O)NCCNCC1=CC2=CC3=C(CCC3)CC2(C)N(CCN2CCCCC2)C1=O. The third-order valence-electron chi connectivity index (χ3n) is 7.41. The van der Waals surface area contributed by atoms with Crippen molar-refractivity contribution in [2.24, 2.45) is 0 Å². The zero-order chi connectivity index (χ0) is 21.8. The number of rotatable bonds is 8. The third-order valence-corrected chi connectivity index (χ3v) is 7.41. The highest BCUT2D eigenvalue weighted by molar-refractivity contribution is 5.97. The van der Waals surface area contributed by atoms with Gasteiger partial charge in [-0.3, -0.25) is 9.59 Å². The number of likely N-dealkylation sites (tertiary alicyclic amines) is 1. The first-order valence-corrected chi connectivity index (χ1v) is 12.1. The van der Waals surface area contributed by atoms with Crippen molar-refractivity contribution >= 4 is 11.8 Å². The summed E-state index contributed by atoms with van der Waals surface area (Å²) >= 11 is 0. The van der Waals surface area contributed by atoms with Gasteiger partial charge in [-0.15, -0.1) is 0 Å². The highest BCUT2D eigenvalue weighted by Gasteiger charge is 2.45. The standard InChI is InChI=1S/C25H38N4O2/c1-19(30)27-10-9-26-18-22-16-23-15-20-7-6-8-21(20)17-25(23,2)29(24(22)31)14-13-28-11-4-3-5-12-28/h15-16,26H,3-14,17-18H2,1-2H3,(H,27,30). The first-order chi connectivity index (χ1) is 15.0. The van der Waals surface area contributed by atoms with E-state index in [1.165, 1.54) is 56.6 Å². The molecular formula is C25H38N4O2. The smallest absolute Gasteiger partial charge is 0.251 e. The summed E-state index contributed by atoms with van der Waals surface area (Å²) in [5.74, 6) is 0.146. The number of hydrogen-bond acceptors (Lipinski definition) is 4. The maximum absolute atomic E-state index is 13.6. The molecule has 1 saturated heterocycles. The summed E-state index contributed by atoms with van der Waals surface area (Å²) in [6, 6.07) is 0. The molecule has 31 heavy (non-hydrogen) atoms. The lowest BCUT2D eigenvalue weighted by Crippen LogP contribution is -2.57. The van der Waals surface area contributed by atoms with Crippen LogP contribution in [0.5, 0.6) is 0 Å². The molecule has 0 aromatic carbocycles. The largest absolute Gasteiger partial charge is 0.355 e. The average molecular weight is 427 g/mol. The quantitative estimate of drug-likeness (QED) is 0.586. The van der Waals surface area contributed by atoms with E-state index in [2.05, 4.69) is 39.5 Å². The van der Waals surface area contributed by atoms with E-state index in [1.54, 1.807) is 5.57 Å². The Labute approximate surface area is 186 Å². The van der Waals surface area contributed by atoms with E-state index in [-0.39, 0.29) is 17.4 Å². The number of amides is 2. The Morgan fingerprint density at radius 3 is 2.65 bits per heavy atom. The van der Waals surface area contributed by atoms with E-state index in [0.717, 1.165) is 38.2 Å². The van der Waals surface area contributed by atoms with Crippen molar-refractivity contribution in [3.05, 3.63) is 34.4 Å². The molecule has 4 aliphatic rings. The van der Waals surface area contributed by atoms with Crippen molar-refractivity contribution in [1.29, 1.82) is 0 Å². The fourth-order valence-corrected chi connectivity index (χ4v) is 5.61. The van der Waals surface area contributed by atoms with E-state index in [1.807, 2.05) is 0 Å². The molecule has 170 valence electrons. The average Bonchev–Trinajstić information content (AvgIpc) is 3.19. The zero-order valence-corrected chi connectivity index (χ0v) is 19.3. The number of nitrogens with zero attached hydrogens (tertiary/aromatic N) is 2. The van der Waals surface area contributed by atoms with Gasteiger partial charge in [0.05, 0.1) is 5.54 Å². The number of allylic oxidation sites excluding steroid dienone is 2. The van der Waals surface area contributed by atoms with Gasteiger partial charge < -0.3 is 20.4 Å². The molecule has 2 amide bonds. The van der Waals surface area contributed by atoms with Crippen LogP contribution in [0.1, 0.15) is 58.8 Å². The molecule has 2 heterocycles. The lowest BCUT2D eigenvalue weighted by atomic mass is 9.74. The van der Waals surface area contributed by atoms with Crippen LogP contribution in [0.15, 0.2) is 34.4 Å². The van der Waals surface area contributed by atoms with Gasteiger partial charge in [0.15, 0.2) is 0 Å². The van der Waals surface area contributed by atoms with Crippen molar-refractivity contribution in [1.82, 2.24) is 20.4 Å². The molecule has 1 atom stereocenters. The van der Waals surface area contributed by atoms with E-state index in [4.69, 9.17) is 0 Å². The predicted octanol–water partition coefficient (Wildman–Crippen LogP) is 2.54. The van der Waals surface area contributed by atoms with Crippen LogP contribution in [0.2, 0.25) is 0 Å². The van der Waals surface area contributed by atoms with Crippen LogP contribution in [0.3, 0.4) is 0 Å². The van der Waals surface area contributed by atoms with Gasteiger partial charge in [-0.2, -0.15) is 0 Å². The van der Waals surface area contributed by atoms with Crippen LogP contribution < -0.4 is 10.6 Å². The molecule has 0 aromatic rings. The Balaban J connectivity index is 1.49. The van der Waals surface area contributed by atoms with Gasteiger partial charge in [0.1, 0.15) is 0 Å². The zero-order valence-electron chi connectivity index (χ0n) is 19.3. The number of hydrogen-bond donors (Lipinski definition) is 2. The maximum atomic E-state index is 13.6. The van der Waals surface area contributed by atoms with Crippen molar-refractivity contribution in [3.8, 4) is 0 Å². The first-order valence-electron chi connectivity index (χ1n) is 12.1. The summed E-state index contributed by atoms with van der Waals surface area (Å²) in [5.41, 5.74) is 4.98. The summed E-state index contributed by atoms with van der Waals surface area (Å²) in [4.78, 5) is 29.4. The number of carbonyl (C=O) groups excluding carboxylic acids is 2. The van der Waals surface area contributed by atoms with Crippen molar-refractivity contribution in [2.45, 2.75) is 64.3 Å². The highest BCUT2D eigenvalue weighted by atomic mass is 16.2. The Morgan fingerprint density at radius 2 is 1.87 bits per heavy atom. The fourth-order valence-electron chi connectivity index (χ4n) is 5.61. The molecule has 0 aromatic heterocycles. The van der Waals surface area contributed by atoms with Crippen LogP contribution in [-0.2, 0) is 9.59 Å². The lowest BCUT2D eigenvalue weighted by molar-refractivity contribution is -0.132. The second kappa shape index (κ2) is 9.70. The van der Waals surface area contributed by atoms with Crippen molar-refractivity contribution in [2.75, 3.05) is 45.8 Å². The van der Waals surface area contributed by atoms with Crippen molar-refractivity contribution < 1.29 is 9.59 Å². The maximum Gasteiger partial charge on any atom is 0.251 e. The monoisotopic (exact) mass is 426 g/mol. The number of nitrogens with one attached hydrogen (secondary N) is 2. The summed E-state index contributed by atoms with van der Waals surface area (Å²) in [6.07, 6.45) is 13.0. The minimum atomic E-state index is -0.226. The Hall–Kier alpha value is -1.92. The summed E-state index contributed by atoms with van der Waals surface area (Å²) in [6.45, 7) is 9.63. The molecule has 0 spiro atoms. The minimum absolute atomic E-state index is 0.0255. The predicted molar refractivity (Wildman–Crippen MR) is 124 cm³/mol. The molecule has 4 rings (SSSR count). The summed E-state index contributed by atoms with van der Waals surface area (Å²) < 4.78 is 0. The van der Waals surface area contributed by atoms with Crippen LogP contribution in [0.25, 0.3) is 0 Å². The van der Waals surface area contributed by atoms with Gasteiger partial charge in [0.25, 0.3) is 5.91 Å². The number of piperidine rings is 1. The molecular weight excluding hydrogens is 388 g/mol. The second-order valence-corrected chi connectivity index (χ2v) is 9.72.